The van der Waals surface area contributed by atoms with Gasteiger partial charge in [-0.15, -0.1) is 0 Å². The fourth-order valence-electron chi connectivity index (χ4n) is 2.44. The number of carbonyl (C=O) groups excluding carboxylic acids is 3. The van der Waals surface area contributed by atoms with E-state index in [9.17, 15) is 14.4 Å². The van der Waals surface area contributed by atoms with E-state index < -0.39 is 17.9 Å². The Bertz CT molecular complexity index is 355. The molecule has 0 radical (unpaired) electrons. The molecule has 0 aromatic rings. The van der Waals surface area contributed by atoms with Gasteiger partial charge in [0.25, 0.3) is 0 Å². The Morgan fingerprint density at radius 3 is 2.44 bits per heavy atom. The summed E-state index contributed by atoms with van der Waals surface area (Å²) in [4.78, 5) is 36.3. The van der Waals surface area contributed by atoms with Crippen molar-refractivity contribution in [3.8, 4) is 0 Å². The van der Waals surface area contributed by atoms with Gasteiger partial charge >= 0.3 is 6.03 Å². The lowest BCUT2D eigenvalue weighted by molar-refractivity contribution is -0.148. The normalized spacial score (nSPS) is 28.8. The predicted octanol–water partition coefficient (Wildman–Crippen LogP) is 1.03. The fraction of sp³-hybridized carbons (Fsp3) is 0.727. The van der Waals surface area contributed by atoms with Gasteiger partial charge in [0.1, 0.15) is 5.92 Å². The summed E-state index contributed by atoms with van der Waals surface area (Å²) in [5.74, 6) is -1.59. The quantitative estimate of drug-likeness (QED) is 0.712. The number of nitrogens with one attached hydrogen (secondary N) is 1. The third-order valence-corrected chi connectivity index (χ3v) is 3.83. The molecule has 2 fully saturated rings. The van der Waals surface area contributed by atoms with Crippen molar-refractivity contribution < 1.29 is 14.4 Å². The molecule has 0 aromatic carbocycles. The molecule has 0 aromatic heterocycles. The number of imide groups is 2. The van der Waals surface area contributed by atoms with Crippen molar-refractivity contribution >= 4 is 17.8 Å². The first-order chi connectivity index (χ1) is 7.52. The van der Waals surface area contributed by atoms with Crippen LogP contribution < -0.4 is 5.32 Å². The number of hydrogen-bond donors (Lipinski definition) is 1. The molecule has 2 aliphatic rings. The van der Waals surface area contributed by atoms with E-state index in [0.717, 1.165) is 25.7 Å². The zero-order chi connectivity index (χ0) is 11.9. The van der Waals surface area contributed by atoms with Crippen LogP contribution in [0.25, 0.3) is 0 Å². The summed E-state index contributed by atoms with van der Waals surface area (Å²) in [5, 5.41) is 2.24. The van der Waals surface area contributed by atoms with Crippen LogP contribution in [0.2, 0.25) is 0 Å². The Hall–Kier alpha value is -1.39. The maximum absolute atomic E-state index is 12.0. The fourth-order valence-corrected chi connectivity index (χ4v) is 2.44. The molecular formula is C11H16N2O3. The van der Waals surface area contributed by atoms with E-state index in [4.69, 9.17) is 0 Å². The second-order valence-corrected chi connectivity index (χ2v) is 4.62. The molecule has 1 aliphatic heterocycles. The molecule has 2 rings (SSSR count). The zero-order valence-corrected chi connectivity index (χ0v) is 9.58. The summed E-state index contributed by atoms with van der Waals surface area (Å²) >= 11 is 0. The van der Waals surface area contributed by atoms with Crippen LogP contribution >= 0.6 is 0 Å². The average Bonchev–Trinajstić information content (AvgIpc) is 2.18. The van der Waals surface area contributed by atoms with E-state index in [2.05, 4.69) is 5.32 Å². The van der Waals surface area contributed by atoms with Crippen LogP contribution in [-0.4, -0.2) is 28.3 Å². The number of rotatable bonds is 2. The minimum Gasteiger partial charge on any atom is -0.277 e. The second kappa shape index (κ2) is 3.57. The molecule has 4 amide bonds. The van der Waals surface area contributed by atoms with E-state index in [-0.39, 0.29) is 11.4 Å². The van der Waals surface area contributed by atoms with Crippen LogP contribution in [0.1, 0.15) is 39.5 Å². The third kappa shape index (κ3) is 1.34. The highest BCUT2D eigenvalue weighted by atomic mass is 16.2. The maximum atomic E-state index is 12.0. The van der Waals surface area contributed by atoms with Crippen molar-refractivity contribution in [3.63, 3.8) is 0 Å². The first-order valence-corrected chi connectivity index (χ1v) is 5.71. The Morgan fingerprint density at radius 1 is 1.38 bits per heavy atom. The summed E-state index contributed by atoms with van der Waals surface area (Å²) in [6, 6.07) is -0.547. The molecule has 1 N–H and O–H groups in total. The van der Waals surface area contributed by atoms with Crippen molar-refractivity contribution in [2.24, 2.45) is 5.92 Å². The summed E-state index contributed by atoms with van der Waals surface area (Å²) in [5.41, 5.74) is -0.337. The van der Waals surface area contributed by atoms with Crippen LogP contribution in [0.4, 0.5) is 4.79 Å². The highest BCUT2D eigenvalue weighted by molar-refractivity contribution is 6.16. The van der Waals surface area contributed by atoms with Gasteiger partial charge < -0.3 is 0 Å². The Kier molecular flexibility index (Phi) is 2.48. The van der Waals surface area contributed by atoms with Gasteiger partial charge in [0.15, 0.2) is 0 Å². The molecule has 1 unspecified atom stereocenters. The smallest absolute Gasteiger partial charge is 0.277 e. The lowest BCUT2D eigenvalue weighted by Gasteiger charge is -2.50. The van der Waals surface area contributed by atoms with Crippen LogP contribution in [0.3, 0.4) is 0 Å². The lowest BCUT2D eigenvalue weighted by atomic mass is 9.73. The standard InChI is InChI=1S/C11H16N2O3/c1-3-11(5-4-6-11)13-9(15)7(2)8(14)12-10(13)16/h7H,3-6H2,1-2H3,(H,12,14,16). The first-order valence-electron chi connectivity index (χ1n) is 5.71. The molecule has 16 heavy (non-hydrogen) atoms. The largest absolute Gasteiger partial charge is 0.331 e. The average molecular weight is 224 g/mol. The van der Waals surface area contributed by atoms with Crippen molar-refractivity contribution in [1.82, 2.24) is 10.2 Å². The molecule has 88 valence electrons. The van der Waals surface area contributed by atoms with Crippen LogP contribution in [0.5, 0.6) is 0 Å². The second-order valence-electron chi connectivity index (χ2n) is 4.62. The molecule has 5 nitrogen and oxygen atoms in total. The first kappa shape index (κ1) is 11.1. The van der Waals surface area contributed by atoms with Gasteiger partial charge in [0.05, 0.1) is 5.54 Å². The molecule has 1 atom stereocenters. The van der Waals surface area contributed by atoms with E-state index in [1.54, 1.807) is 6.92 Å². The van der Waals surface area contributed by atoms with Gasteiger partial charge in [-0.3, -0.25) is 19.8 Å². The van der Waals surface area contributed by atoms with Gasteiger partial charge in [0.2, 0.25) is 11.8 Å². The van der Waals surface area contributed by atoms with Crippen molar-refractivity contribution in [2.75, 3.05) is 0 Å². The number of hydrogen-bond acceptors (Lipinski definition) is 3. The zero-order valence-electron chi connectivity index (χ0n) is 9.58. The molecule has 1 aliphatic carbocycles. The summed E-state index contributed by atoms with van der Waals surface area (Å²) < 4.78 is 0. The van der Waals surface area contributed by atoms with Crippen molar-refractivity contribution in [1.29, 1.82) is 0 Å². The summed E-state index contributed by atoms with van der Waals surface area (Å²) in [6.45, 7) is 3.51. The molecular weight excluding hydrogens is 208 g/mol. The van der Waals surface area contributed by atoms with Gasteiger partial charge in [-0.2, -0.15) is 0 Å². The minimum absolute atomic E-state index is 0.337. The number of nitrogens with zero attached hydrogens (tertiary/aromatic N) is 1. The van der Waals surface area contributed by atoms with E-state index in [1.165, 1.54) is 4.90 Å². The number of barbiturate groups is 1. The van der Waals surface area contributed by atoms with E-state index in [0.29, 0.717) is 0 Å². The number of urea groups is 1. The van der Waals surface area contributed by atoms with Gasteiger partial charge in [0, 0.05) is 0 Å². The number of amides is 4. The van der Waals surface area contributed by atoms with Crippen LogP contribution in [0.15, 0.2) is 0 Å². The van der Waals surface area contributed by atoms with Crippen LogP contribution in [-0.2, 0) is 9.59 Å². The summed E-state index contributed by atoms with van der Waals surface area (Å²) in [7, 11) is 0. The highest BCUT2D eigenvalue weighted by Gasteiger charge is 2.51. The molecule has 1 saturated carbocycles. The van der Waals surface area contributed by atoms with E-state index in [1.807, 2.05) is 6.92 Å². The summed E-state index contributed by atoms with van der Waals surface area (Å²) in [6.07, 6.45) is 3.49. The van der Waals surface area contributed by atoms with Gasteiger partial charge in [-0.05, 0) is 32.6 Å². The number of carbonyl (C=O) groups is 3. The Morgan fingerprint density at radius 2 is 2.00 bits per heavy atom. The van der Waals surface area contributed by atoms with Crippen molar-refractivity contribution in [2.45, 2.75) is 45.1 Å². The van der Waals surface area contributed by atoms with E-state index >= 15 is 0 Å². The van der Waals surface area contributed by atoms with Crippen molar-refractivity contribution in [3.05, 3.63) is 0 Å². The minimum atomic E-state index is -0.748. The molecule has 1 saturated heterocycles. The lowest BCUT2D eigenvalue weighted by Crippen LogP contribution is -2.67. The van der Waals surface area contributed by atoms with Gasteiger partial charge in [-0.25, -0.2) is 4.79 Å². The molecule has 0 bridgehead atoms. The predicted molar refractivity (Wildman–Crippen MR) is 56.4 cm³/mol. The van der Waals surface area contributed by atoms with Gasteiger partial charge in [-0.1, -0.05) is 6.92 Å². The molecule has 1 heterocycles. The Labute approximate surface area is 94.2 Å². The topological polar surface area (TPSA) is 66.5 Å². The van der Waals surface area contributed by atoms with Crippen LogP contribution in [0, 0.1) is 5.92 Å². The third-order valence-electron chi connectivity index (χ3n) is 3.83. The Balaban J connectivity index is 2.29. The maximum Gasteiger partial charge on any atom is 0.331 e. The molecule has 0 spiro atoms. The SMILES string of the molecule is CCC1(N2C(=O)NC(=O)C(C)C2=O)CCC1. The monoisotopic (exact) mass is 224 g/mol. The molecule has 5 heteroatoms. The highest BCUT2D eigenvalue weighted by Crippen LogP contribution is 2.41.